The van der Waals surface area contributed by atoms with Gasteiger partial charge in [0.2, 0.25) is 0 Å². The van der Waals surface area contributed by atoms with E-state index >= 15 is 0 Å². The van der Waals surface area contributed by atoms with Crippen LogP contribution in [0.15, 0.2) is 0 Å². The van der Waals surface area contributed by atoms with Gasteiger partial charge in [-0.25, -0.2) is 0 Å². The van der Waals surface area contributed by atoms with Crippen LogP contribution < -0.4 is 0 Å². The molecule has 54 valence electrons. The molecule has 0 heterocycles. The second kappa shape index (κ2) is 24.6. The third-order valence-electron chi connectivity index (χ3n) is 0. The molecule has 0 radical (unpaired) electrons. The predicted octanol–water partition coefficient (Wildman–Crippen LogP) is -3.44. The van der Waals surface area contributed by atoms with Crippen LogP contribution in [-0.2, 0) is 0 Å². The molecule has 0 aromatic rings. The Morgan fingerprint density at radius 3 is 0.875 bits per heavy atom. The number of hydrogen-bond donors (Lipinski definition) is 3. The molecule has 0 aromatic carbocycles. The third-order valence-corrected chi connectivity index (χ3v) is 0. The molecule has 0 aliphatic carbocycles. The van der Waals surface area contributed by atoms with Crippen molar-refractivity contribution >= 4 is 31.7 Å². The molecular weight excluding hydrogens is 151 g/mol. The molecule has 0 rings (SSSR count). The van der Waals surface area contributed by atoms with E-state index in [1.54, 1.807) is 0 Å². The Hall–Kier alpha value is 0.956. The average molecular weight is 162 g/mol. The van der Waals surface area contributed by atoms with Crippen LogP contribution in [0.3, 0.4) is 0 Å². The summed E-state index contributed by atoms with van der Waals surface area (Å²) < 4.78 is 0. The Morgan fingerprint density at radius 2 is 0.875 bits per heavy atom. The summed E-state index contributed by atoms with van der Waals surface area (Å²) in [4.78, 5) is 21.7. The summed E-state index contributed by atoms with van der Waals surface area (Å²) in [6.45, 7) is 0. The Balaban J connectivity index is -0.00000000300. The van der Waals surface area contributed by atoms with Crippen molar-refractivity contribution in [2.24, 2.45) is 0 Å². The second-order valence-corrected chi connectivity index (χ2v) is 0.805. The molecule has 0 spiro atoms. The summed E-state index contributed by atoms with van der Waals surface area (Å²) in [7, 11) is -2.62. The second-order valence-electron chi connectivity index (χ2n) is 0.268. The minimum absolute atomic E-state index is 0. The summed E-state index contributed by atoms with van der Waals surface area (Å²) in [5.41, 5.74) is 0. The van der Waals surface area contributed by atoms with Crippen molar-refractivity contribution in [1.82, 2.24) is 0 Å². The Kier molecular flexibility index (Phi) is 111. The predicted molar refractivity (Wildman–Crippen MR) is 32.4 cm³/mol. The molecular formula is H11MgO6P. The van der Waals surface area contributed by atoms with Gasteiger partial charge < -0.3 is 34.0 Å². The molecule has 0 aliphatic heterocycles. The molecule has 6 nitrogen and oxygen atoms in total. The molecule has 8 heteroatoms. The topological polar surface area (TPSA) is 155 Å². The molecule has 0 saturated carbocycles. The zero-order valence-corrected chi connectivity index (χ0v) is 6.30. The first kappa shape index (κ1) is 36.2. The van der Waals surface area contributed by atoms with Crippen molar-refractivity contribution in [3.63, 3.8) is 0 Å². The van der Waals surface area contributed by atoms with E-state index in [0.717, 1.165) is 0 Å². The minimum Gasteiger partial charge on any atom is -1.00 e. The molecule has 0 aliphatic rings. The first-order valence-electron chi connectivity index (χ1n) is 0.600. The fraction of sp³-hybridized carbons (Fsp3) is 0. The zero-order chi connectivity index (χ0) is 3.58. The van der Waals surface area contributed by atoms with Gasteiger partial charge in [0.25, 0.3) is 0 Å². The van der Waals surface area contributed by atoms with Crippen molar-refractivity contribution in [2.45, 2.75) is 0 Å². The van der Waals surface area contributed by atoms with Crippen molar-refractivity contribution in [1.29, 1.82) is 0 Å². The van der Waals surface area contributed by atoms with Gasteiger partial charge in [0.1, 0.15) is 0 Å². The van der Waals surface area contributed by atoms with E-state index in [0.29, 0.717) is 0 Å². The minimum atomic E-state index is -2.62. The first-order chi connectivity index (χ1) is 1.73. The van der Waals surface area contributed by atoms with E-state index in [1.165, 1.54) is 0 Å². The van der Waals surface area contributed by atoms with Crippen LogP contribution in [0.1, 0.15) is 2.85 Å². The van der Waals surface area contributed by atoms with Gasteiger partial charge in [0, 0.05) is 0 Å². The summed E-state index contributed by atoms with van der Waals surface area (Å²) in [6.07, 6.45) is 0. The third kappa shape index (κ3) is 270. The molecule has 0 bridgehead atoms. The quantitative estimate of drug-likeness (QED) is 0.250. The molecule has 9 N–H and O–H groups in total. The molecule has 0 aromatic heterocycles. The van der Waals surface area contributed by atoms with Crippen LogP contribution in [0, 0.1) is 0 Å². The molecule has 0 saturated heterocycles. The van der Waals surface area contributed by atoms with Crippen molar-refractivity contribution < 1.29 is 34.0 Å². The van der Waals surface area contributed by atoms with E-state index in [4.69, 9.17) is 14.7 Å². The van der Waals surface area contributed by atoms with Gasteiger partial charge in [-0.3, -0.25) is 0 Å². The fourth-order valence-electron chi connectivity index (χ4n) is 0. The Bertz CT molecular complexity index is 20.5. The van der Waals surface area contributed by atoms with Gasteiger partial charge in [-0.15, -0.1) is 0 Å². The average Bonchev–Trinajstić information content (AvgIpc) is 0.811. The maximum Gasteiger partial charge on any atom is 2.00 e. The first-order valence-corrected chi connectivity index (χ1v) is 1.80. The van der Waals surface area contributed by atoms with E-state index in [9.17, 15) is 0 Å². The van der Waals surface area contributed by atoms with Gasteiger partial charge in [-0.2, -0.15) is 0 Å². The van der Waals surface area contributed by atoms with Gasteiger partial charge >= 0.3 is 31.7 Å². The van der Waals surface area contributed by atoms with E-state index in [1.807, 2.05) is 0 Å². The van der Waals surface area contributed by atoms with Crippen molar-refractivity contribution in [3.8, 4) is 0 Å². The Labute approximate surface area is 66.2 Å². The van der Waals surface area contributed by atoms with Crippen LogP contribution in [0.2, 0.25) is 0 Å². The van der Waals surface area contributed by atoms with Crippen LogP contribution in [0.4, 0.5) is 0 Å². The summed E-state index contributed by atoms with van der Waals surface area (Å²) in [6, 6.07) is 0. The van der Waals surface area contributed by atoms with Crippen molar-refractivity contribution in [3.05, 3.63) is 0 Å². The zero-order valence-electron chi connectivity index (χ0n) is 6.00. The van der Waals surface area contributed by atoms with Crippen molar-refractivity contribution in [2.75, 3.05) is 0 Å². The summed E-state index contributed by atoms with van der Waals surface area (Å²) >= 11 is 0. The monoisotopic (exact) mass is 162 g/mol. The van der Waals surface area contributed by atoms with E-state index in [2.05, 4.69) is 0 Å². The van der Waals surface area contributed by atoms with Crippen LogP contribution >= 0.6 is 8.60 Å². The summed E-state index contributed by atoms with van der Waals surface area (Å²) in [5.74, 6) is 0. The molecule has 0 amide bonds. The molecule has 8 heavy (non-hydrogen) atoms. The molecule has 0 atom stereocenters. The summed E-state index contributed by atoms with van der Waals surface area (Å²) in [5, 5.41) is 0. The van der Waals surface area contributed by atoms with Crippen LogP contribution in [0.5, 0.6) is 0 Å². The van der Waals surface area contributed by atoms with Crippen LogP contribution in [-0.4, -0.2) is 54.2 Å². The van der Waals surface area contributed by atoms with Crippen LogP contribution in [0.25, 0.3) is 0 Å². The number of hydrogen-bond acceptors (Lipinski definition) is 3. The standard InChI is InChI=1S/Mg.H3O3P.3H2O.2H/c;1-4(2)3;;;;;/h;1-3H;3*1H2;;/q+2;;;;;2*-1. The Morgan fingerprint density at radius 1 is 0.875 bits per heavy atom. The van der Waals surface area contributed by atoms with Gasteiger partial charge in [-0.1, -0.05) is 0 Å². The molecule has 0 unspecified atom stereocenters. The van der Waals surface area contributed by atoms with Gasteiger partial charge in [-0.05, 0) is 0 Å². The van der Waals surface area contributed by atoms with E-state index < -0.39 is 8.60 Å². The molecule has 0 fully saturated rings. The number of rotatable bonds is 0. The normalized spacial score (nSPS) is 4.50. The SMILES string of the molecule is O.O.O.OP(O)O.[H-].[H-].[Mg+2]. The maximum absolute atomic E-state index is 7.23. The smallest absolute Gasteiger partial charge is 1.00 e. The fourth-order valence-corrected chi connectivity index (χ4v) is 0. The maximum atomic E-state index is 7.23. The van der Waals surface area contributed by atoms with E-state index in [-0.39, 0.29) is 42.3 Å². The largest absolute Gasteiger partial charge is 2.00 e. The van der Waals surface area contributed by atoms with Gasteiger partial charge in [0.05, 0.1) is 0 Å². The van der Waals surface area contributed by atoms with Gasteiger partial charge in [0.15, 0.2) is 0 Å².